The van der Waals surface area contributed by atoms with E-state index in [4.69, 9.17) is 9.47 Å². The smallest absolute Gasteiger partial charge is 0.471 e. The van der Waals surface area contributed by atoms with Gasteiger partial charge in [-0.2, -0.15) is 13.2 Å². The van der Waals surface area contributed by atoms with Crippen LogP contribution in [-0.4, -0.2) is 71.0 Å². The number of alkyl halides is 3. The Labute approximate surface area is 234 Å². The standard InChI is InChI=1S/C28H31F3N4O6/c1-16-5-7-18(8-6-16)24(17(2)33-27(39)28(29,30)31)40-20-9-10-21(32-14-20)25(37)34-19-4-3-13-35(15-19)26(38)22-11-12-23(36)41-22/h5-10,14,17,19,22,24H,3-4,11-13,15H2,1-2H3,(H,33,39)(H,34,37)/t17?,19-,22-,24?/m0/s1. The van der Waals surface area contributed by atoms with Crippen LogP contribution in [0.5, 0.6) is 5.75 Å². The van der Waals surface area contributed by atoms with Gasteiger partial charge in [0, 0.05) is 32.0 Å². The minimum absolute atomic E-state index is 0.0795. The Morgan fingerprint density at radius 1 is 1.12 bits per heavy atom. The highest BCUT2D eigenvalue weighted by Gasteiger charge is 2.40. The summed E-state index contributed by atoms with van der Waals surface area (Å²) in [5.41, 5.74) is 1.55. The van der Waals surface area contributed by atoms with Crippen LogP contribution in [0.3, 0.4) is 0 Å². The van der Waals surface area contributed by atoms with Gasteiger partial charge < -0.3 is 25.0 Å². The topological polar surface area (TPSA) is 127 Å². The van der Waals surface area contributed by atoms with E-state index < -0.39 is 42.2 Å². The van der Waals surface area contributed by atoms with Gasteiger partial charge in [0.2, 0.25) is 0 Å². The third kappa shape index (κ3) is 7.74. The molecule has 2 fully saturated rings. The zero-order chi connectivity index (χ0) is 29.7. The van der Waals surface area contributed by atoms with Crippen LogP contribution in [0, 0.1) is 6.92 Å². The number of likely N-dealkylation sites (tertiary alicyclic amines) is 1. The van der Waals surface area contributed by atoms with Crippen molar-refractivity contribution in [3.8, 4) is 5.75 Å². The summed E-state index contributed by atoms with van der Waals surface area (Å²) in [4.78, 5) is 54.2. The number of nitrogens with one attached hydrogen (secondary N) is 2. The summed E-state index contributed by atoms with van der Waals surface area (Å²) >= 11 is 0. The SMILES string of the molecule is Cc1ccc(C(Oc2ccc(C(=O)N[C@H]3CCCN(C(=O)[C@@H]4CCC(=O)O4)C3)nc2)C(C)NC(=O)C(F)(F)F)cc1. The average molecular weight is 577 g/mol. The molecule has 10 nitrogen and oxygen atoms in total. The average Bonchev–Trinajstić information content (AvgIpc) is 3.38. The molecule has 0 saturated carbocycles. The van der Waals surface area contributed by atoms with E-state index >= 15 is 0 Å². The van der Waals surface area contributed by atoms with E-state index in [1.54, 1.807) is 29.2 Å². The van der Waals surface area contributed by atoms with Crippen molar-refractivity contribution in [1.29, 1.82) is 0 Å². The van der Waals surface area contributed by atoms with E-state index in [9.17, 15) is 32.3 Å². The number of carbonyl (C=O) groups is 4. The lowest BCUT2D eigenvalue weighted by molar-refractivity contribution is -0.174. The molecular weight excluding hydrogens is 545 g/mol. The molecule has 13 heteroatoms. The summed E-state index contributed by atoms with van der Waals surface area (Å²) in [7, 11) is 0. The zero-order valence-electron chi connectivity index (χ0n) is 22.6. The maximum Gasteiger partial charge on any atom is 0.471 e. The molecule has 3 heterocycles. The fraction of sp³-hybridized carbons (Fsp3) is 0.464. The third-order valence-corrected chi connectivity index (χ3v) is 6.94. The molecule has 41 heavy (non-hydrogen) atoms. The molecule has 4 atom stereocenters. The van der Waals surface area contributed by atoms with Crippen LogP contribution in [-0.2, 0) is 19.1 Å². The maximum absolute atomic E-state index is 12.9. The molecule has 1 aromatic carbocycles. The summed E-state index contributed by atoms with van der Waals surface area (Å²) in [6.07, 6.45) is -3.65. The number of ether oxygens (including phenoxy) is 2. The van der Waals surface area contributed by atoms with Crippen molar-refractivity contribution in [3.63, 3.8) is 0 Å². The Hall–Kier alpha value is -4.16. The van der Waals surface area contributed by atoms with Gasteiger partial charge in [0.15, 0.2) is 6.10 Å². The second-order valence-electron chi connectivity index (χ2n) is 10.2. The van der Waals surface area contributed by atoms with Crippen LogP contribution in [0.2, 0.25) is 0 Å². The third-order valence-electron chi connectivity index (χ3n) is 6.94. The summed E-state index contributed by atoms with van der Waals surface area (Å²) < 4.78 is 49.6. The lowest BCUT2D eigenvalue weighted by Crippen LogP contribution is -2.52. The van der Waals surface area contributed by atoms with Crippen molar-refractivity contribution in [2.75, 3.05) is 13.1 Å². The van der Waals surface area contributed by atoms with Crippen LogP contribution >= 0.6 is 0 Å². The van der Waals surface area contributed by atoms with E-state index in [1.807, 2.05) is 12.2 Å². The number of nitrogens with zero attached hydrogens (tertiary/aromatic N) is 2. The molecule has 4 rings (SSSR count). The number of pyridine rings is 1. The van der Waals surface area contributed by atoms with Gasteiger partial charge in [-0.25, -0.2) is 4.98 Å². The van der Waals surface area contributed by atoms with Crippen LogP contribution < -0.4 is 15.4 Å². The van der Waals surface area contributed by atoms with Gasteiger partial charge in [-0.1, -0.05) is 29.8 Å². The molecule has 1 aromatic heterocycles. The molecule has 2 N–H and O–H groups in total. The first-order valence-corrected chi connectivity index (χ1v) is 13.3. The highest BCUT2D eigenvalue weighted by molar-refractivity contribution is 5.92. The summed E-state index contributed by atoms with van der Waals surface area (Å²) in [5.74, 6) is -3.03. The fourth-order valence-corrected chi connectivity index (χ4v) is 4.77. The molecule has 0 bridgehead atoms. The fourth-order valence-electron chi connectivity index (χ4n) is 4.77. The van der Waals surface area contributed by atoms with Gasteiger partial charge in [-0.05, 0) is 44.4 Å². The van der Waals surface area contributed by atoms with Crippen LogP contribution in [0.1, 0.15) is 60.3 Å². The number of rotatable bonds is 8. The highest BCUT2D eigenvalue weighted by atomic mass is 19.4. The lowest BCUT2D eigenvalue weighted by Gasteiger charge is -2.34. The first-order valence-electron chi connectivity index (χ1n) is 13.3. The Bertz CT molecular complexity index is 1270. The van der Waals surface area contributed by atoms with Crippen LogP contribution in [0.4, 0.5) is 13.2 Å². The first kappa shape index (κ1) is 29.8. The number of amides is 3. The number of piperidine rings is 1. The minimum atomic E-state index is -5.05. The number of aromatic nitrogens is 1. The van der Waals surface area contributed by atoms with Crippen molar-refractivity contribution in [2.45, 2.75) is 70.0 Å². The van der Waals surface area contributed by atoms with Gasteiger partial charge >= 0.3 is 18.1 Å². The summed E-state index contributed by atoms with van der Waals surface area (Å²) in [6.45, 7) is 4.04. The van der Waals surface area contributed by atoms with Crippen molar-refractivity contribution in [1.82, 2.24) is 20.5 Å². The van der Waals surface area contributed by atoms with E-state index in [-0.39, 0.29) is 36.4 Å². The first-order chi connectivity index (χ1) is 19.4. The normalized spacial score (nSPS) is 20.5. The number of carbonyl (C=O) groups excluding carboxylic acids is 4. The summed E-state index contributed by atoms with van der Waals surface area (Å²) in [6, 6.07) is 8.44. The van der Waals surface area contributed by atoms with E-state index in [2.05, 4.69) is 10.3 Å². The van der Waals surface area contributed by atoms with Crippen LogP contribution in [0.25, 0.3) is 0 Å². The molecular formula is C28H31F3N4O6. The number of hydrogen-bond acceptors (Lipinski definition) is 7. The van der Waals surface area contributed by atoms with E-state index in [0.29, 0.717) is 31.4 Å². The molecule has 0 spiro atoms. The van der Waals surface area contributed by atoms with Crippen molar-refractivity contribution >= 4 is 23.7 Å². The second kappa shape index (κ2) is 12.6. The number of halogens is 3. The predicted molar refractivity (Wildman–Crippen MR) is 139 cm³/mol. The van der Waals surface area contributed by atoms with Crippen molar-refractivity contribution < 1.29 is 41.8 Å². The van der Waals surface area contributed by atoms with Crippen molar-refractivity contribution in [3.05, 3.63) is 59.4 Å². The molecule has 2 saturated heterocycles. The highest BCUT2D eigenvalue weighted by Crippen LogP contribution is 2.27. The molecule has 3 amide bonds. The Morgan fingerprint density at radius 2 is 1.85 bits per heavy atom. The van der Waals surface area contributed by atoms with Crippen molar-refractivity contribution in [2.24, 2.45) is 0 Å². The number of esters is 1. The Morgan fingerprint density at radius 3 is 2.46 bits per heavy atom. The lowest BCUT2D eigenvalue weighted by atomic mass is 10.0. The molecule has 2 aliphatic rings. The number of aryl methyl sites for hydroxylation is 1. The number of benzene rings is 1. The zero-order valence-corrected chi connectivity index (χ0v) is 22.6. The quantitative estimate of drug-likeness (QED) is 0.463. The minimum Gasteiger partial charge on any atom is -0.482 e. The largest absolute Gasteiger partial charge is 0.482 e. The Balaban J connectivity index is 1.39. The predicted octanol–water partition coefficient (Wildman–Crippen LogP) is 3.00. The number of hydrogen-bond donors (Lipinski definition) is 2. The molecule has 2 aromatic rings. The molecule has 2 aliphatic heterocycles. The summed E-state index contributed by atoms with van der Waals surface area (Å²) in [5, 5.41) is 4.80. The van der Waals surface area contributed by atoms with Gasteiger partial charge in [-0.15, -0.1) is 0 Å². The van der Waals surface area contributed by atoms with E-state index in [0.717, 1.165) is 5.56 Å². The van der Waals surface area contributed by atoms with Gasteiger partial charge in [0.25, 0.3) is 11.8 Å². The molecule has 220 valence electrons. The van der Waals surface area contributed by atoms with Gasteiger partial charge in [-0.3, -0.25) is 19.2 Å². The maximum atomic E-state index is 12.9. The van der Waals surface area contributed by atoms with Gasteiger partial charge in [0.1, 0.15) is 17.5 Å². The van der Waals surface area contributed by atoms with Crippen LogP contribution in [0.15, 0.2) is 42.6 Å². The monoisotopic (exact) mass is 576 g/mol. The second-order valence-corrected chi connectivity index (χ2v) is 10.2. The number of cyclic esters (lactones) is 1. The Kier molecular flexibility index (Phi) is 9.14. The molecule has 0 radical (unpaired) electrons. The van der Waals surface area contributed by atoms with E-state index in [1.165, 1.54) is 25.3 Å². The molecule has 2 unspecified atom stereocenters. The molecule has 0 aliphatic carbocycles. The van der Waals surface area contributed by atoms with Gasteiger partial charge in [0.05, 0.1) is 12.2 Å².